The van der Waals surface area contributed by atoms with Gasteiger partial charge in [0.15, 0.2) is 0 Å². The Morgan fingerprint density at radius 1 is 1.33 bits per heavy atom. The van der Waals surface area contributed by atoms with Crippen molar-refractivity contribution in [3.05, 3.63) is 48.3 Å². The van der Waals surface area contributed by atoms with Crippen molar-refractivity contribution in [2.45, 2.75) is 45.4 Å². The van der Waals surface area contributed by atoms with Crippen LogP contribution in [0, 0.1) is 6.92 Å². The van der Waals surface area contributed by atoms with Crippen LogP contribution in [-0.2, 0) is 22.7 Å². The zero-order valence-electron chi connectivity index (χ0n) is 15.8. The molecule has 2 aromatic rings. The predicted molar refractivity (Wildman–Crippen MR) is 101 cm³/mol. The number of amides is 2. The minimum atomic E-state index is -0.272. The molecule has 2 amide bonds. The average Bonchev–Trinajstić information content (AvgIpc) is 3.25. The van der Waals surface area contributed by atoms with Gasteiger partial charge in [-0.1, -0.05) is 6.07 Å². The fraction of sp³-hybridized carbons (Fsp3) is 0.474. The highest BCUT2D eigenvalue weighted by atomic mass is 16.2. The van der Waals surface area contributed by atoms with Crippen LogP contribution in [0.3, 0.4) is 0 Å². The second-order valence-corrected chi connectivity index (χ2v) is 6.85. The fourth-order valence-electron chi connectivity index (χ4n) is 3.46. The van der Waals surface area contributed by atoms with Crippen LogP contribution in [0.25, 0.3) is 0 Å². The van der Waals surface area contributed by atoms with Crippen LogP contribution in [0.5, 0.6) is 0 Å². The Labute approximate surface area is 159 Å². The van der Waals surface area contributed by atoms with Gasteiger partial charge in [0.2, 0.25) is 11.8 Å². The second-order valence-electron chi connectivity index (χ2n) is 6.85. The van der Waals surface area contributed by atoms with E-state index in [4.69, 9.17) is 0 Å². The number of hydrogen-bond donors (Lipinski definition) is 2. The first kappa shape index (κ1) is 19.0. The van der Waals surface area contributed by atoms with Crippen LogP contribution in [0.1, 0.15) is 24.7 Å². The summed E-state index contributed by atoms with van der Waals surface area (Å²) in [5, 5.41) is 5.94. The van der Waals surface area contributed by atoms with Gasteiger partial charge in [-0.2, -0.15) is 0 Å². The Morgan fingerprint density at radius 3 is 2.89 bits per heavy atom. The highest BCUT2D eigenvalue weighted by molar-refractivity contribution is 5.82. The van der Waals surface area contributed by atoms with Crippen molar-refractivity contribution in [3.63, 3.8) is 0 Å². The molecule has 1 aliphatic heterocycles. The van der Waals surface area contributed by atoms with Gasteiger partial charge in [-0.3, -0.25) is 19.5 Å². The van der Waals surface area contributed by atoms with Crippen LogP contribution >= 0.6 is 0 Å². The highest BCUT2D eigenvalue weighted by Crippen LogP contribution is 2.21. The van der Waals surface area contributed by atoms with E-state index in [-0.39, 0.29) is 30.4 Å². The van der Waals surface area contributed by atoms with Gasteiger partial charge in [0.25, 0.3) is 0 Å². The first-order valence-corrected chi connectivity index (χ1v) is 9.24. The monoisotopic (exact) mass is 370 g/mol. The highest BCUT2D eigenvalue weighted by Gasteiger charge is 2.37. The van der Waals surface area contributed by atoms with Crippen molar-refractivity contribution in [2.75, 3.05) is 13.1 Å². The Morgan fingerprint density at radius 2 is 2.19 bits per heavy atom. The van der Waals surface area contributed by atoms with Gasteiger partial charge in [-0.15, -0.1) is 0 Å². The number of rotatable bonds is 7. The standard InChI is InChI=1S/C19H26N6O2/c1-3-21-19(27)17-9-16(23-18(26)12-24-8-7-20-13-24)11-25(17)10-15-6-4-5-14(2)22-15/h4-8,13,16-17H,3,9-12H2,1-2H3,(H,21,27)(H,23,26)/t16-,17+/m1/s1. The molecule has 0 radical (unpaired) electrons. The Balaban J connectivity index is 1.65. The zero-order valence-corrected chi connectivity index (χ0v) is 15.8. The molecule has 0 unspecified atom stereocenters. The van der Waals surface area contributed by atoms with E-state index in [1.807, 2.05) is 32.0 Å². The van der Waals surface area contributed by atoms with E-state index in [0.717, 1.165) is 11.4 Å². The number of aromatic nitrogens is 3. The van der Waals surface area contributed by atoms with E-state index in [1.54, 1.807) is 23.3 Å². The van der Waals surface area contributed by atoms with Gasteiger partial charge in [0.05, 0.1) is 18.1 Å². The summed E-state index contributed by atoms with van der Waals surface area (Å²) in [7, 11) is 0. The molecule has 144 valence electrons. The third kappa shape index (κ3) is 5.13. The van der Waals surface area contributed by atoms with E-state index < -0.39 is 0 Å². The van der Waals surface area contributed by atoms with Gasteiger partial charge in [0, 0.05) is 43.8 Å². The SMILES string of the molecule is CCNC(=O)[C@@H]1C[C@@H](NC(=O)Cn2ccnc2)CN1Cc1cccc(C)n1. The van der Waals surface area contributed by atoms with Gasteiger partial charge in [0.1, 0.15) is 6.54 Å². The number of likely N-dealkylation sites (N-methyl/N-ethyl adjacent to an activating group) is 1. The molecule has 3 heterocycles. The van der Waals surface area contributed by atoms with Crippen molar-refractivity contribution in [1.82, 2.24) is 30.1 Å². The summed E-state index contributed by atoms with van der Waals surface area (Å²) in [6, 6.07) is 5.55. The van der Waals surface area contributed by atoms with E-state index in [0.29, 0.717) is 26.1 Å². The molecule has 2 aromatic heterocycles. The lowest BCUT2D eigenvalue weighted by Gasteiger charge is -2.23. The molecule has 1 fully saturated rings. The molecule has 1 aliphatic rings. The van der Waals surface area contributed by atoms with E-state index >= 15 is 0 Å². The molecule has 2 N–H and O–H groups in total. The number of carbonyl (C=O) groups excluding carboxylic acids is 2. The minimum Gasteiger partial charge on any atom is -0.355 e. The summed E-state index contributed by atoms with van der Waals surface area (Å²) in [6.45, 7) is 5.87. The smallest absolute Gasteiger partial charge is 0.240 e. The summed E-state index contributed by atoms with van der Waals surface area (Å²) in [5.74, 6) is -0.0836. The normalized spacial score (nSPS) is 19.8. The number of likely N-dealkylation sites (tertiary alicyclic amines) is 1. The van der Waals surface area contributed by atoms with E-state index in [1.165, 1.54) is 0 Å². The molecule has 0 saturated carbocycles. The van der Waals surface area contributed by atoms with Gasteiger partial charge < -0.3 is 15.2 Å². The topological polar surface area (TPSA) is 92.2 Å². The molecular formula is C19H26N6O2. The molecule has 8 heteroatoms. The summed E-state index contributed by atoms with van der Waals surface area (Å²) >= 11 is 0. The predicted octanol–water partition coefficient (Wildman–Crippen LogP) is 0.482. The zero-order chi connectivity index (χ0) is 19.2. The first-order chi connectivity index (χ1) is 13.0. The van der Waals surface area contributed by atoms with Crippen molar-refractivity contribution in [2.24, 2.45) is 0 Å². The molecule has 0 spiro atoms. The third-order valence-electron chi connectivity index (χ3n) is 4.62. The van der Waals surface area contributed by atoms with Crippen LogP contribution in [0.15, 0.2) is 36.9 Å². The third-order valence-corrected chi connectivity index (χ3v) is 4.62. The molecule has 0 aromatic carbocycles. The van der Waals surface area contributed by atoms with Crippen LogP contribution in [0.4, 0.5) is 0 Å². The Kier molecular flexibility index (Phi) is 6.18. The first-order valence-electron chi connectivity index (χ1n) is 9.24. The number of nitrogens with one attached hydrogen (secondary N) is 2. The van der Waals surface area contributed by atoms with Crippen LogP contribution < -0.4 is 10.6 Å². The maximum absolute atomic E-state index is 12.5. The number of nitrogens with zero attached hydrogens (tertiary/aromatic N) is 4. The molecule has 8 nitrogen and oxygen atoms in total. The number of imidazole rings is 1. The molecule has 1 saturated heterocycles. The maximum Gasteiger partial charge on any atom is 0.240 e. The number of aryl methyl sites for hydroxylation is 1. The van der Waals surface area contributed by atoms with Gasteiger partial charge in [-0.25, -0.2) is 4.98 Å². The molecule has 0 bridgehead atoms. The molecular weight excluding hydrogens is 344 g/mol. The number of pyridine rings is 1. The summed E-state index contributed by atoms with van der Waals surface area (Å²) in [4.78, 5) is 35.4. The minimum absolute atomic E-state index is 0.00323. The molecule has 3 rings (SSSR count). The fourth-order valence-corrected chi connectivity index (χ4v) is 3.46. The molecule has 27 heavy (non-hydrogen) atoms. The largest absolute Gasteiger partial charge is 0.355 e. The lowest BCUT2D eigenvalue weighted by atomic mass is 10.1. The van der Waals surface area contributed by atoms with Crippen LogP contribution in [-0.4, -0.2) is 56.4 Å². The van der Waals surface area contributed by atoms with Crippen LogP contribution in [0.2, 0.25) is 0 Å². The lowest BCUT2D eigenvalue weighted by molar-refractivity contribution is -0.125. The van der Waals surface area contributed by atoms with Gasteiger partial charge in [-0.05, 0) is 32.4 Å². The van der Waals surface area contributed by atoms with Crippen molar-refractivity contribution in [3.8, 4) is 0 Å². The van der Waals surface area contributed by atoms with Gasteiger partial charge >= 0.3 is 0 Å². The maximum atomic E-state index is 12.5. The quantitative estimate of drug-likeness (QED) is 0.740. The average molecular weight is 370 g/mol. The number of carbonyl (C=O) groups is 2. The Hall–Kier alpha value is -2.74. The van der Waals surface area contributed by atoms with Crippen molar-refractivity contribution >= 4 is 11.8 Å². The van der Waals surface area contributed by atoms with E-state index in [9.17, 15) is 9.59 Å². The summed E-state index contributed by atoms with van der Waals surface area (Å²) in [5.41, 5.74) is 1.88. The summed E-state index contributed by atoms with van der Waals surface area (Å²) in [6.07, 6.45) is 5.60. The van der Waals surface area contributed by atoms with Crippen molar-refractivity contribution < 1.29 is 9.59 Å². The Bertz CT molecular complexity index is 776. The lowest BCUT2D eigenvalue weighted by Crippen LogP contribution is -2.42. The van der Waals surface area contributed by atoms with Crippen molar-refractivity contribution in [1.29, 1.82) is 0 Å². The second kappa shape index (κ2) is 8.77. The number of hydrogen-bond acceptors (Lipinski definition) is 5. The van der Waals surface area contributed by atoms with E-state index in [2.05, 4.69) is 25.5 Å². The summed E-state index contributed by atoms with van der Waals surface area (Å²) < 4.78 is 1.72. The molecule has 0 aliphatic carbocycles. The molecule has 2 atom stereocenters.